The highest BCUT2D eigenvalue weighted by Gasteiger charge is 2.32. The number of carbonyl (C=O) groups excluding carboxylic acids is 3. The van der Waals surface area contributed by atoms with E-state index >= 15 is 0 Å². The van der Waals surface area contributed by atoms with Crippen LogP contribution in [0.3, 0.4) is 0 Å². The molecule has 1 aromatic heterocycles. The Labute approximate surface area is 199 Å². The molecule has 184 valence electrons. The molecular weight excluding hydrogens is 464 g/mol. The van der Waals surface area contributed by atoms with Gasteiger partial charge in [0.05, 0.1) is 21.3 Å². The van der Waals surface area contributed by atoms with Crippen LogP contribution in [0.4, 0.5) is 0 Å². The van der Waals surface area contributed by atoms with Gasteiger partial charge in [-0.05, 0) is 24.3 Å². The van der Waals surface area contributed by atoms with Gasteiger partial charge < -0.3 is 32.8 Å². The van der Waals surface area contributed by atoms with Gasteiger partial charge in [-0.1, -0.05) is 0 Å². The Hall–Kier alpha value is -4.54. The fourth-order valence-corrected chi connectivity index (χ4v) is 3.33. The highest BCUT2D eigenvalue weighted by Crippen LogP contribution is 2.51. The first-order chi connectivity index (χ1) is 16.6. The number of methoxy groups -OCH3 is 3. The smallest absolute Gasteiger partial charge is 0.308 e. The number of fused-ring (bicyclic) bond motifs is 1. The van der Waals surface area contributed by atoms with Gasteiger partial charge in [0.1, 0.15) is 11.1 Å². The van der Waals surface area contributed by atoms with Gasteiger partial charge in [0.2, 0.25) is 28.4 Å². The molecule has 35 heavy (non-hydrogen) atoms. The Balaban J connectivity index is 2.58. The molecular formula is C24H22O11. The van der Waals surface area contributed by atoms with Crippen LogP contribution in [-0.2, 0) is 14.4 Å². The Kier molecular flexibility index (Phi) is 7.28. The summed E-state index contributed by atoms with van der Waals surface area (Å²) in [5, 5.41) is -0.373. The van der Waals surface area contributed by atoms with E-state index in [1.54, 1.807) is 24.3 Å². The minimum absolute atomic E-state index is 0.158. The zero-order chi connectivity index (χ0) is 25.9. The molecule has 0 aliphatic rings. The van der Waals surface area contributed by atoms with Gasteiger partial charge in [0.15, 0.2) is 17.1 Å². The van der Waals surface area contributed by atoms with Crippen molar-refractivity contribution in [2.24, 2.45) is 0 Å². The summed E-state index contributed by atoms with van der Waals surface area (Å²) >= 11 is 0. The molecule has 2 aromatic carbocycles. The van der Waals surface area contributed by atoms with E-state index in [0.29, 0.717) is 11.3 Å². The van der Waals surface area contributed by atoms with Crippen molar-refractivity contribution in [3.63, 3.8) is 0 Å². The predicted octanol–water partition coefficient (Wildman–Crippen LogP) is 3.26. The molecule has 1 heterocycles. The third-order valence-electron chi connectivity index (χ3n) is 4.62. The van der Waals surface area contributed by atoms with Crippen LogP contribution in [0.15, 0.2) is 33.5 Å². The van der Waals surface area contributed by atoms with Crippen LogP contribution in [0, 0.1) is 0 Å². The van der Waals surface area contributed by atoms with Gasteiger partial charge in [0.25, 0.3) is 0 Å². The van der Waals surface area contributed by atoms with E-state index in [9.17, 15) is 19.2 Å². The van der Waals surface area contributed by atoms with E-state index in [4.69, 9.17) is 32.8 Å². The minimum atomic E-state index is -0.891. The van der Waals surface area contributed by atoms with Crippen molar-refractivity contribution < 1.29 is 47.2 Å². The minimum Gasteiger partial charge on any atom is -0.497 e. The van der Waals surface area contributed by atoms with E-state index in [1.807, 2.05) is 0 Å². The van der Waals surface area contributed by atoms with Crippen molar-refractivity contribution in [1.82, 2.24) is 0 Å². The van der Waals surface area contributed by atoms with Gasteiger partial charge in [-0.15, -0.1) is 0 Å². The molecule has 0 aliphatic heterocycles. The maximum Gasteiger partial charge on any atom is 0.308 e. The highest BCUT2D eigenvalue weighted by atomic mass is 16.6. The van der Waals surface area contributed by atoms with Crippen LogP contribution >= 0.6 is 0 Å². The second-order valence-corrected chi connectivity index (χ2v) is 7.03. The van der Waals surface area contributed by atoms with Crippen molar-refractivity contribution in [3.8, 4) is 45.8 Å². The lowest BCUT2D eigenvalue weighted by Gasteiger charge is -2.19. The van der Waals surface area contributed by atoms with E-state index in [-0.39, 0.29) is 39.7 Å². The van der Waals surface area contributed by atoms with E-state index < -0.39 is 29.1 Å². The Morgan fingerprint density at radius 2 is 1.14 bits per heavy atom. The predicted molar refractivity (Wildman–Crippen MR) is 122 cm³/mol. The number of carbonyl (C=O) groups is 3. The average Bonchev–Trinajstić information content (AvgIpc) is 2.80. The number of ether oxygens (including phenoxy) is 6. The first-order valence-corrected chi connectivity index (χ1v) is 10.1. The van der Waals surface area contributed by atoms with Crippen LogP contribution in [0.25, 0.3) is 22.3 Å². The molecule has 0 saturated carbocycles. The molecule has 0 atom stereocenters. The Morgan fingerprint density at radius 3 is 1.63 bits per heavy atom. The maximum atomic E-state index is 13.7. The standard InChI is InChI=1S/C24H22O11/c1-11(25)32-19-16-17(28)21(33-12(2)26)18(14-7-9-15(29-4)10-8-14)35-20(16)24(34-13(3)27)23(31-6)22(19)30-5/h7-10H,1-6H3. The lowest BCUT2D eigenvalue weighted by Crippen LogP contribution is -2.16. The number of benzene rings is 2. The average molecular weight is 486 g/mol. The van der Waals surface area contributed by atoms with Crippen molar-refractivity contribution in [1.29, 1.82) is 0 Å². The number of hydrogen-bond acceptors (Lipinski definition) is 11. The second kappa shape index (κ2) is 10.2. The SMILES string of the molecule is COc1ccc(-c2oc3c(OC(C)=O)c(OC)c(OC)c(OC(C)=O)c3c(=O)c2OC(C)=O)cc1. The summed E-state index contributed by atoms with van der Waals surface area (Å²) in [5.74, 6) is -3.53. The molecule has 0 N–H and O–H groups in total. The summed E-state index contributed by atoms with van der Waals surface area (Å²) in [5.41, 5.74) is -0.864. The summed E-state index contributed by atoms with van der Waals surface area (Å²) in [6.45, 7) is 3.35. The number of rotatable bonds is 7. The maximum absolute atomic E-state index is 13.7. The Bertz CT molecular complexity index is 1370. The molecule has 3 rings (SSSR count). The summed E-state index contributed by atoms with van der Waals surface area (Å²) in [4.78, 5) is 49.3. The highest BCUT2D eigenvalue weighted by molar-refractivity contribution is 5.99. The van der Waals surface area contributed by atoms with Crippen molar-refractivity contribution >= 4 is 28.9 Å². The molecule has 0 spiro atoms. The van der Waals surface area contributed by atoms with Crippen molar-refractivity contribution in [3.05, 3.63) is 34.5 Å². The Morgan fingerprint density at radius 1 is 0.657 bits per heavy atom. The largest absolute Gasteiger partial charge is 0.497 e. The van der Waals surface area contributed by atoms with Crippen LogP contribution in [-0.4, -0.2) is 39.2 Å². The molecule has 0 saturated heterocycles. The fraction of sp³-hybridized carbons (Fsp3) is 0.250. The summed E-state index contributed by atoms with van der Waals surface area (Å²) in [6, 6.07) is 6.33. The molecule has 0 unspecified atom stereocenters. The molecule has 3 aromatic rings. The van der Waals surface area contributed by atoms with Gasteiger partial charge in [0, 0.05) is 26.3 Å². The molecule has 0 fully saturated rings. The molecule has 0 radical (unpaired) electrons. The van der Waals surface area contributed by atoms with E-state index in [1.165, 1.54) is 21.3 Å². The fourth-order valence-electron chi connectivity index (χ4n) is 3.33. The van der Waals surface area contributed by atoms with Gasteiger partial charge in [-0.25, -0.2) is 0 Å². The number of esters is 3. The summed E-state index contributed by atoms with van der Waals surface area (Å²) in [6.07, 6.45) is 0. The third kappa shape index (κ3) is 4.88. The molecule has 11 heteroatoms. The molecule has 0 amide bonds. The van der Waals surface area contributed by atoms with Crippen LogP contribution in [0.1, 0.15) is 20.8 Å². The van der Waals surface area contributed by atoms with Gasteiger partial charge in [-0.3, -0.25) is 19.2 Å². The van der Waals surface area contributed by atoms with Crippen molar-refractivity contribution in [2.45, 2.75) is 20.8 Å². The van der Waals surface area contributed by atoms with E-state index in [0.717, 1.165) is 20.8 Å². The zero-order valence-corrected chi connectivity index (χ0v) is 19.8. The zero-order valence-electron chi connectivity index (χ0n) is 19.8. The summed E-state index contributed by atoms with van der Waals surface area (Å²) < 4.78 is 37.6. The quantitative estimate of drug-likeness (QED) is 0.359. The lowest BCUT2D eigenvalue weighted by atomic mass is 10.1. The van der Waals surface area contributed by atoms with Crippen LogP contribution < -0.4 is 33.8 Å². The monoisotopic (exact) mass is 486 g/mol. The molecule has 0 aliphatic carbocycles. The van der Waals surface area contributed by atoms with Crippen LogP contribution in [0.2, 0.25) is 0 Å². The van der Waals surface area contributed by atoms with Gasteiger partial charge in [-0.2, -0.15) is 0 Å². The lowest BCUT2D eigenvalue weighted by molar-refractivity contribution is -0.133. The second-order valence-electron chi connectivity index (χ2n) is 7.03. The third-order valence-corrected chi connectivity index (χ3v) is 4.62. The normalized spacial score (nSPS) is 10.5. The molecule has 11 nitrogen and oxygen atoms in total. The number of hydrogen-bond donors (Lipinski definition) is 0. The topological polar surface area (TPSA) is 137 Å². The first kappa shape index (κ1) is 25.1. The van der Waals surface area contributed by atoms with Crippen LogP contribution in [0.5, 0.6) is 34.5 Å². The van der Waals surface area contributed by atoms with Gasteiger partial charge >= 0.3 is 17.9 Å². The van der Waals surface area contributed by atoms with E-state index in [2.05, 4.69) is 0 Å². The molecule has 0 bridgehead atoms. The summed E-state index contributed by atoms with van der Waals surface area (Å²) in [7, 11) is 3.97. The first-order valence-electron chi connectivity index (χ1n) is 10.1. The van der Waals surface area contributed by atoms with Crippen molar-refractivity contribution in [2.75, 3.05) is 21.3 Å².